The molecule has 35 atom stereocenters. The highest BCUT2D eigenvalue weighted by Gasteiger charge is 2.60. The molecule has 0 saturated carbocycles. The Morgan fingerprint density at radius 3 is 1.15 bits per heavy atom. The van der Waals surface area contributed by atoms with Crippen LogP contribution in [0.5, 0.6) is 0 Å². The van der Waals surface area contributed by atoms with E-state index in [4.69, 9.17) is 71.1 Å². The van der Waals surface area contributed by atoms with Gasteiger partial charge in [0, 0.05) is 19.8 Å². The summed E-state index contributed by atoms with van der Waals surface area (Å²) in [5.41, 5.74) is 0. The van der Waals surface area contributed by atoms with E-state index in [1.54, 1.807) is 0 Å². The number of ether oxygens (including phenoxy) is 15. The Labute approximate surface area is 690 Å². The van der Waals surface area contributed by atoms with E-state index >= 15 is 0 Å². The van der Waals surface area contributed by atoms with Crippen molar-refractivity contribution in [2.75, 3.05) is 33.0 Å². The highest BCUT2D eigenvalue weighted by Crippen LogP contribution is 2.40. The van der Waals surface area contributed by atoms with Crippen molar-refractivity contribution in [3.63, 3.8) is 0 Å². The number of aliphatic hydroxyl groups excluding tert-OH is 8. The van der Waals surface area contributed by atoms with Crippen LogP contribution >= 0.6 is 0 Å². The number of aliphatic carboxylic acids is 4. The van der Waals surface area contributed by atoms with Gasteiger partial charge in [0.2, 0.25) is 57.9 Å². The second-order valence-corrected chi connectivity index (χ2v) is 35.6. The highest BCUT2D eigenvalue weighted by atomic mass is 32.3. The van der Waals surface area contributed by atoms with Gasteiger partial charge in [0.1, 0.15) is 146 Å². The fourth-order valence-electron chi connectivity index (χ4n) is 13.3. The van der Waals surface area contributed by atoms with Gasteiger partial charge in [-0.05, 0) is 12.8 Å². The van der Waals surface area contributed by atoms with Gasteiger partial charge >= 0.3 is 17.9 Å². The molecule has 123 heavy (non-hydrogen) atoms. The van der Waals surface area contributed by atoms with Crippen LogP contribution < -0.4 is 24.6 Å². The lowest BCUT2D eigenvalue weighted by molar-refractivity contribution is -0.385. The smallest absolute Gasteiger partial charge is 0.335 e. The van der Waals surface area contributed by atoms with Gasteiger partial charge < -0.3 is 179 Å². The number of hydrogen-bond acceptors (Lipinski definition) is 58. The van der Waals surface area contributed by atoms with Gasteiger partial charge in [0.15, 0.2) is 93.3 Å². The fourth-order valence-corrected chi connectivity index (χ4v) is 16.8. The summed E-state index contributed by atoms with van der Waals surface area (Å²) in [5.74, 6) is -10.1. The SMILES string of the molecule is CC(=O)N[C@H]1[C@@H](O[C@H]2[C@H](O)[C@@H](O)[C@H](O[C@H]3[C@H](OS(=O)(=O)[O-])[C@@H](NS(=O)(=O)[O-])[C@@H](O[C@H]4C[C@@H](O)[C@H](O[C@H]5[C@H](O)[C@@H](NS(=O)(=O)[O-])[C@@H](O[C@H]6C[C@@H](O)[C@H](O[C@H]7[C@H](O)[C@@H](NS(=O)(=O)[O-])CO[C@@H]7COS(=O)(=O)[O-])O[C@H]6C(=O)O)O[C@@H]5COS(=O)(=O)[O-])O[C@H]4C(=O)O)O[C@@H]3COS(=O)(=O)[O-])O[C@@H]2C(=O)[O-])O[C@H](COS(=O)(=O)[O-])[C@@H](O[C@@H]2O[C@@H](C(=O)O)CC[C@H]2O)[C@@H]1O. The van der Waals surface area contributed by atoms with E-state index in [1.807, 2.05) is 5.32 Å². The molecule has 73 heteroatoms. The van der Waals surface area contributed by atoms with Gasteiger partial charge in [-0.15, -0.1) is 0 Å². The van der Waals surface area contributed by atoms with Crippen molar-refractivity contribution < 1.29 is 281 Å². The number of nitrogens with one attached hydrogen (secondary N) is 4. The Morgan fingerprint density at radius 1 is 0.366 bits per heavy atom. The van der Waals surface area contributed by atoms with Crippen molar-refractivity contribution in [3.05, 3.63) is 0 Å². The Balaban J connectivity index is 1.06. The van der Waals surface area contributed by atoms with E-state index in [0.717, 1.165) is 11.6 Å². The maximum Gasteiger partial charge on any atom is 0.335 e. The maximum absolute atomic E-state index is 13.2. The van der Waals surface area contributed by atoms with Gasteiger partial charge in [-0.2, -0.15) is 0 Å². The molecule has 0 spiro atoms. The molecule has 8 saturated heterocycles. The first-order chi connectivity index (χ1) is 56.3. The predicted molar refractivity (Wildman–Crippen MR) is 344 cm³/mol. The average Bonchev–Trinajstić information content (AvgIpc) is 0.781. The molecule has 0 aliphatic carbocycles. The third kappa shape index (κ3) is 29.7. The van der Waals surface area contributed by atoms with Crippen LogP contribution in [0.15, 0.2) is 0 Å². The van der Waals surface area contributed by atoms with E-state index in [-0.39, 0.29) is 6.42 Å². The van der Waals surface area contributed by atoms with Crippen LogP contribution in [-0.2, 0) is 199 Å². The number of carbonyl (C=O) groups excluding carboxylic acids is 2. The van der Waals surface area contributed by atoms with E-state index in [9.17, 15) is 189 Å². The lowest BCUT2D eigenvalue weighted by atomic mass is 9.94. The summed E-state index contributed by atoms with van der Waals surface area (Å²) in [7, 11) is -48.3. The van der Waals surface area contributed by atoms with Crippen molar-refractivity contribution in [2.45, 2.75) is 247 Å². The van der Waals surface area contributed by atoms with Gasteiger partial charge in [-0.25, -0.2) is 95.9 Å². The van der Waals surface area contributed by atoms with Crippen LogP contribution in [0.2, 0.25) is 0 Å². The molecule has 0 aromatic carbocycles. The minimum atomic E-state index is -6.65. The number of aliphatic hydroxyl groups is 8. The first kappa shape index (κ1) is 104. The molecule has 8 fully saturated rings. The van der Waals surface area contributed by atoms with Crippen molar-refractivity contribution in [1.82, 2.24) is 19.5 Å². The van der Waals surface area contributed by atoms with Crippen molar-refractivity contribution in [3.8, 4) is 0 Å². The molecular weight excluding hydrogens is 1890 g/mol. The van der Waals surface area contributed by atoms with Crippen LogP contribution in [0.1, 0.15) is 32.6 Å². The molecule has 0 radical (unpaired) electrons. The molecule has 65 nitrogen and oxygen atoms in total. The maximum atomic E-state index is 13.2. The Bertz CT molecular complexity index is 4650. The summed E-state index contributed by atoms with van der Waals surface area (Å²) in [5, 5.41) is 137. The predicted octanol–water partition coefficient (Wildman–Crippen LogP) is -19.9. The van der Waals surface area contributed by atoms with E-state index in [2.05, 4.69) is 20.9 Å². The quantitative estimate of drug-likeness (QED) is 0.0201. The zero-order valence-electron chi connectivity index (χ0n) is 60.7. The lowest BCUT2D eigenvalue weighted by Crippen LogP contribution is -2.71. The number of rotatable bonds is 39. The normalized spacial score (nSPS) is 39.9. The molecule has 0 aromatic heterocycles. The fraction of sp³-hybridized carbons (Fsp3) is 0.900. The van der Waals surface area contributed by atoms with Crippen LogP contribution in [0, 0.1) is 0 Å². The molecule has 714 valence electrons. The lowest BCUT2D eigenvalue weighted by Gasteiger charge is -2.51. The van der Waals surface area contributed by atoms with Gasteiger partial charge in [0.05, 0.1) is 45.0 Å². The summed E-state index contributed by atoms with van der Waals surface area (Å²) < 4.78 is 395. The third-order valence-corrected chi connectivity index (χ3v) is 22.2. The summed E-state index contributed by atoms with van der Waals surface area (Å²) in [6.07, 6.45) is -86.1. The minimum absolute atomic E-state index is 0.355. The Kier molecular flexibility index (Phi) is 34.8. The first-order valence-electron chi connectivity index (χ1n) is 34.0. The third-order valence-electron chi connectivity index (χ3n) is 18.3. The van der Waals surface area contributed by atoms with E-state index in [0.29, 0.717) is 0 Å². The zero-order valence-corrected chi connectivity index (χ0v) is 67.2. The van der Waals surface area contributed by atoms with Crippen LogP contribution in [0.3, 0.4) is 0 Å². The zero-order chi connectivity index (χ0) is 92.4. The number of carboxylic acids is 4. The second-order valence-electron chi connectivity index (χ2n) is 27.0. The molecule has 0 aromatic rings. The van der Waals surface area contributed by atoms with Crippen LogP contribution in [0.25, 0.3) is 0 Å². The molecular formula is C50H71N4O61S8-9. The summed E-state index contributed by atoms with van der Waals surface area (Å²) in [6, 6.07) is -10.4. The van der Waals surface area contributed by atoms with E-state index in [1.165, 1.54) is 9.44 Å². The first-order valence-corrected chi connectivity index (χ1v) is 44.9. The molecule has 8 rings (SSSR count). The number of hydrogen-bond donors (Lipinski definition) is 15. The number of amides is 1. The van der Waals surface area contributed by atoms with Crippen molar-refractivity contribution in [1.29, 1.82) is 0 Å². The average molecular weight is 1960 g/mol. The Morgan fingerprint density at radius 2 is 0.740 bits per heavy atom. The summed E-state index contributed by atoms with van der Waals surface area (Å²) >= 11 is 0. The van der Waals surface area contributed by atoms with Crippen LogP contribution in [0.4, 0.5) is 0 Å². The number of carbonyl (C=O) groups is 5. The molecule has 0 bridgehead atoms. The van der Waals surface area contributed by atoms with Crippen molar-refractivity contribution >= 4 is 113 Å². The molecule has 15 N–H and O–H groups in total. The summed E-state index contributed by atoms with van der Waals surface area (Å²) in [4.78, 5) is 63.5. The standard InChI is InChI=1S/C50H80N4O61S8/c1-11(55)51-23-27(60)32(108-44-13(56)2-3-16(101-44)40(64)65)20(8-98-120(84,85)86)104-47(23)113-38-29(62)30(63)50(114-39(38)43(70)71)110-34-22(10-100-122(90,91)92)106-49(25(54-118(78,79)80)37(34)115-123(93,94)95)103-18-5-15(58)46(112-36(18)42(68)69)109-33-21(9-99-121(87,88)89)105-48(24(28(33)61)53-117(75,76)77)102-17-4-14(57)45(111-35(17)41(66)67)107-31-19(7-97-119(81,82)83)96-6-12(26(31)59)52-116(72,73)74/h12-39,44-50,52-54,56-63H,2-10H2,1H3,(H,51,55)(H,64,65)(H,66,67)(H,68,69)(H,70,71)(H,72,73,74)(H,75,76,77)(H,78,79,80)(H,81,82,83)(H,84,85,86)(H,87,88,89)(H,90,91,92)(H,93,94,95)/p-9/t12-,13+,14+,15+,16+,17-,18-,19+,20+,21+,22+,23+,24+,25+,26+,27+,28+,29+,30+,31+,32+,33+,34+,35+,36+,37+,38-,39-,44-,45+,46+,47+,48-,49-,50+/m0/s1. The molecule has 8 heterocycles. The monoisotopic (exact) mass is 1960 g/mol. The number of carboxylic acid groups (broad SMARTS) is 4. The second kappa shape index (κ2) is 41.2. The molecule has 1 amide bonds. The topological polar surface area (TPSA) is 1020 Å². The Hall–Kier alpha value is -4.61. The van der Waals surface area contributed by atoms with Gasteiger partial charge in [-0.1, -0.05) is 0 Å². The molecule has 0 unspecified atom stereocenters. The van der Waals surface area contributed by atoms with E-state index < -0.39 is 380 Å². The summed E-state index contributed by atoms with van der Waals surface area (Å²) in [6.45, 7) is -7.15. The van der Waals surface area contributed by atoms with Gasteiger partial charge in [0.25, 0.3) is 0 Å². The molecule has 8 aliphatic heterocycles. The van der Waals surface area contributed by atoms with Gasteiger partial charge in [-0.3, -0.25) is 25.7 Å². The molecule has 8 aliphatic rings. The highest BCUT2D eigenvalue weighted by molar-refractivity contribution is 7.84. The largest absolute Gasteiger partial charge is 0.735 e. The van der Waals surface area contributed by atoms with Crippen LogP contribution in [-0.4, -0.2) is 437 Å². The minimum Gasteiger partial charge on any atom is -0.735 e. The van der Waals surface area contributed by atoms with Crippen molar-refractivity contribution in [2.24, 2.45) is 0 Å².